The summed E-state index contributed by atoms with van der Waals surface area (Å²) in [6.45, 7) is 6.84. The number of carbonyl (C=O) groups is 2. The Hall–Kier alpha value is -3.36. The van der Waals surface area contributed by atoms with E-state index in [9.17, 15) is 27.5 Å². The number of nitrogens with zero attached hydrogens (tertiary/aromatic N) is 3. The first-order chi connectivity index (χ1) is 18.8. The van der Waals surface area contributed by atoms with Crippen LogP contribution in [0.2, 0.25) is 0 Å². The molecule has 0 spiro atoms. The van der Waals surface area contributed by atoms with Crippen LogP contribution in [-0.4, -0.2) is 83.9 Å². The predicted octanol–water partition coefficient (Wildman–Crippen LogP) is 2.21. The van der Waals surface area contributed by atoms with Gasteiger partial charge < -0.3 is 30.1 Å². The first-order valence-electron chi connectivity index (χ1n) is 13.0. The molecule has 4 heterocycles. The summed E-state index contributed by atoms with van der Waals surface area (Å²) in [7, 11) is -3.18. The Morgan fingerprint density at radius 2 is 1.95 bits per heavy atom. The molecule has 2 amide bonds. The first-order valence-corrected chi connectivity index (χ1v) is 14.8. The lowest BCUT2D eigenvalue weighted by molar-refractivity contribution is -0.176. The Morgan fingerprint density at radius 3 is 2.62 bits per heavy atom. The summed E-state index contributed by atoms with van der Waals surface area (Å²) in [6.07, 6.45) is 0.800. The molecule has 2 aromatic heterocycles. The third-order valence-electron chi connectivity index (χ3n) is 7.14. The van der Waals surface area contributed by atoms with Crippen LogP contribution in [0.25, 0.3) is 0 Å². The predicted molar refractivity (Wildman–Crippen MR) is 144 cm³/mol. The molecule has 0 unspecified atom stereocenters. The summed E-state index contributed by atoms with van der Waals surface area (Å²) in [4.78, 5) is 35.3. The average molecular weight is 580 g/mol. The van der Waals surface area contributed by atoms with E-state index in [4.69, 9.17) is 9.47 Å². The highest BCUT2D eigenvalue weighted by atomic mass is 32.2. The standard InChI is InChI=1S/C26H34FN5O7S/c1-15(2)38-25(34)31-22-13-21(39-16(3)26(22,4)35)17-7-8-28-14-20(17)30-24(33)19-6-5-18(27)23(29-19)32-9-11-40(36,37)12-10-32/h5-8,14-16,21-22,35H,9-13H2,1-4H3,(H,30,33)(H,31,34)/t16-,21-,22-,26-/m1/s1. The summed E-state index contributed by atoms with van der Waals surface area (Å²) in [5.41, 5.74) is -0.605. The zero-order valence-electron chi connectivity index (χ0n) is 22.8. The van der Waals surface area contributed by atoms with Crippen LogP contribution in [0.15, 0.2) is 30.6 Å². The van der Waals surface area contributed by atoms with Gasteiger partial charge in [-0.15, -0.1) is 0 Å². The van der Waals surface area contributed by atoms with E-state index in [0.717, 1.165) is 6.07 Å². The Bertz CT molecular complexity index is 1360. The molecule has 2 fully saturated rings. The molecule has 0 radical (unpaired) electrons. The van der Waals surface area contributed by atoms with Gasteiger partial charge in [-0.05, 0) is 45.9 Å². The van der Waals surface area contributed by atoms with Crippen molar-refractivity contribution in [3.05, 3.63) is 47.7 Å². The second-order valence-electron chi connectivity index (χ2n) is 10.4. The molecule has 0 saturated carbocycles. The van der Waals surface area contributed by atoms with E-state index < -0.39 is 51.5 Å². The van der Waals surface area contributed by atoms with Gasteiger partial charge in [-0.3, -0.25) is 9.78 Å². The Morgan fingerprint density at radius 1 is 1.25 bits per heavy atom. The van der Waals surface area contributed by atoms with E-state index in [1.165, 1.54) is 23.4 Å². The summed E-state index contributed by atoms with van der Waals surface area (Å²) in [5.74, 6) is -1.64. The summed E-state index contributed by atoms with van der Waals surface area (Å²) in [6, 6.07) is 3.29. The lowest BCUT2D eigenvalue weighted by Crippen LogP contribution is -2.61. The SMILES string of the molecule is CC(C)OC(=O)N[C@@H]1C[C@H](c2ccncc2NC(=O)c2ccc(F)c(N3CCS(=O)(=O)CC3)n2)O[C@H](C)[C@@]1(C)O. The molecule has 12 nitrogen and oxygen atoms in total. The third kappa shape index (κ3) is 6.67. The van der Waals surface area contributed by atoms with Gasteiger partial charge in [-0.2, -0.15) is 0 Å². The van der Waals surface area contributed by atoms with Crippen LogP contribution >= 0.6 is 0 Å². The molecular weight excluding hydrogens is 545 g/mol. The van der Waals surface area contributed by atoms with Gasteiger partial charge in [0.25, 0.3) is 5.91 Å². The van der Waals surface area contributed by atoms with Crippen LogP contribution in [0.5, 0.6) is 0 Å². The molecule has 40 heavy (non-hydrogen) atoms. The summed E-state index contributed by atoms with van der Waals surface area (Å²) < 4.78 is 49.4. The monoisotopic (exact) mass is 579 g/mol. The van der Waals surface area contributed by atoms with Gasteiger partial charge in [0.1, 0.15) is 11.3 Å². The zero-order chi connectivity index (χ0) is 29.2. The minimum atomic E-state index is -3.18. The minimum Gasteiger partial charge on any atom is -0.447 e. The summed E-state index contributed by atoms with van der Waals surface area (Å²) >= 11 is 0. The second-order valence-corrected chi connectivity index (χ2v) is 12.7. The Kier molecular flexibility index (Phi) is 8.61. The van der Waals surface area contributed by atoms with Crippen molar-refractivity contribution < 1.29 is 37.0 Å². The van der Waals surface area contributed by atoms with Gasteiger partial charge in [0, 0.05) is 31.3 Å². The molecule has 0 aliphatic carbocycles. The van der Waals surface area contributed by atoms with Gasteiger partial charge in [0.2, 0.25) is 0 Å². The van der Waals surface area contributed by atoms with Crippen LogP contribution in [-0.2, 0) is 19.3 Å². The number of ether oxygens (including phenoxy) is 2. The topological polar surface area (TPSA) is 160 Å². The van der Waals surface area contributed by atoms with Gasteiger partial charge in [0.05, 0.1) is 47.7 Å². The number of hydrogen-bond donors (Lipinski definition) is 3. The molecule has 2 aliphatic rings. The fourth-order valence-corrected chi connectivity index (χ4v) is 5.85. The van der Waals surface area contributed by atoms with E-state index in [-0.39, 0.29) is 48.6 Å². The van der Waals surface area contributed by atoms with Crippen LogP contribution in [0.3, 0.4) is 0 Å². The van der Waals surface area contributed by atoms with Crippen molar-refractivity contribution in [1.82, 2.24) is 15.3 Å². The number of halogens is 1. The van der Waals surface area contributed by atoms with Crippen molar-refractivity contribution in [2.24, 2.45) is 0 Å². The minimum absolute atomic E-state index is 0.0727. The maximum absolute atomic E-state index is 14.6. The highest BCUT2D eigenvalue weighted by Gasteiger charge is 2.46. The number of aliphatic hydroxyl groups is 1. The van der Waals surface area contributed by atoms with Crippen molar-refractivity contribution in [3.8, 4) is 0 Å². The molecule has 2 aromatic rings. The number of nitrogens with one attached hydrogen (secondary N) is 2. The van der Waals surface area contributed by atoms with Gasteiger partial charge in [0.15, 0.2) is 21.5 Å². The number of sulfone groups is 1. The number of anilines is 2. The number of alkyl carbamates (subject to hydrolysis) is 1. The van der Waals surface area contributed by atoms with Gasteiger partial charge in [-0.25, -0.2) is 22.6 Å². The molecule has 4 rings (SSSR count). The maximum Gasteiger partial charge on any atom is 0.407 e. The lowest BCUT2D eigenvalue weighted by atomic mass is 9.82. The number of carbonyl (C=O) groups excluding carboxylic acids is 2. The quantitative estimate of drug-likeness (QED) is 0.463. The maximum atomic E-state index is 14.6. The molecule has 4 atom stereocenters. The van der Waals surface area contributed by atoms with E-state index in [0.29, 0.717) is 11.3 Å². The number of pyridine rings is 2. The number of aromatic nitrogens is 2. The van der Waals surface area contributed by atoms with Crippen molar-refractivity contribution >= 4 is 33.3 Å². The van der Waals surface area contributed by atoms with Crippen molar-refractivity contribution in [3.63, 3.8) is 0 Å². The molecule has 2 saturated heterocycles. The Labute approximate surface area is 232 Å². The summed E-state index contributed by atoms with van der Waals surface area (Å²) in [5, 5.41) is 16.5. The van der Waals surface area contributed by atoms with E-state index >= 15 is 0 Å². The average Bonchev–Trinajstić information content (AvgIpc) is 2.87. The van der Waals surface area contributed by atoms with Crippen LogP contribution < -0.4 is 15.5 Å². The molecule has 218 valence electrons. The Balaban J connectivity index is 1.54. The van der Waals surface area contributed by atoms with Crippen LogP contribution in [0.1, 0.15) is 56.3 Å². The van der Waals surface area contributed by atoms with Gasteiger partial charge in [-0.1, -0.05) is 0 Å². The first kappa shape index (κ1) is 29.6. The second kappa shape index (κ2) is 11.6. The smallest absolute Gasteiger partial charge is 0.407 e. The van der Waals surface area contributed by atoms with Gasteiger partial charge >= 0.3 is 6.09 Å². The molecule has 0 aromatic carbocycles. The fraction of sp³-hybridized carbons (Fsp3) is 0.538. The molecule has 0 bridgehead atoms. The lowest BCUT2D eigenvalue weighted by Gasteiger charge is -2.45. The highest BCUT2D eigenvalue weighted by Crippen LogP contribution is 2.39. The zero-order valence-corrected chi connectivity index (χ0v) is 23.6. The number of rotatable bonds is 6. The molecule has 14 heteroatoms. The van der Waals surface area contributed by atoms with E-state index in [1.54, 1.807) is 33.8 Å². The van der Waals surface area contributed by atoms with Crippen LogP contribution in [0.4, 0.5) is 20.7 Å². The highest BCUT2D eigenvalue weighted by molar-refractivity contribution is 7.91. The molecule has 3 N–H and O–H groups in total. The largest absolute Gasteiger partial charge is 0.447 e. The third-order valence-corrected chi connectivity index (χ3v) is 8.74. The number of amides is 2. The molecular formula is C26H34FN5O7S. The van der Waals surface area contributed by atoms with Crippen LogP contribution in [0, 0.1) is 5.82 Å². The van der Waals surface area contributed by atoms with Crippen molar-refractivity contribution in [2.75, 3.05) is 34.8 Å². The fourth-order valence-electron chi connectivity index (χ4n) is 4.65. The van der Waals surface area contributed by atoms with E-state index in [2.05, 4.69) is 20.6 Å². The normalized spacial score (nSPS) is 26.3. The van der Waals surface area contributed by atoms with Crippen molar-refractivity contribution in [2.45, 2.75) is 64.1 Å². The number of hydrogen-bond acceptors (Lipinski definition) is 10. The molecule has 2 aliphatic heterocycles. The van der Waals surface area contributed by atoms with Crippen molar-refractivity contribution in [1.29, 1.82) is 0 Å². The van der Waals surface area contributed by atoms with E-state index in [1.807, 2.05) is 0 Å².